The summed E-state index contributed by atoms with van der Waals surface area (Å²) in [6, 6.07) is 17.2. The third kappa shape index (κ3) is 8.40. The Morgan fingerprint density at radius 3 is 2.03 bits per heavy atom. The predicted molar refractivity (Wildman–Crippen MR) is 146 cm³/mol. The summed E-state index contributed by atoms with van der Waals surface area (Å²) in [5.41, 5.74) is 0.0997. The van der Waals surface area contributed by atoms with Gasteiger partial charge >= 0.3 is 6.09 Å². The van der Waals surface area contributed by atoms with Crippen molar-refractivity contribution < 1.29 is 23.5 Å². The van der Waals surface area contributed by atoms with E-state index in [0.29, 0.717) is 20.1 Å². The quantitative estimate of drug-likeness (QED) is 0.280. The summed E-state index contributed by atoms with van der Waals surface area (Å²) in [6.07, 6.45) is -0.801. The first-order valence-corrected chi connectivity index (χ1v) is 12.9. The monoisotopic (exact) mass is 633 g/mol. The highest BCUT2D eigenvalue weighted by molar-refractivity contribution is 9.10. The van der Waals surface area contributed by atoms with Crippen molar-refractivity contribution in [2.75, 3.05) is 5.32 Å². The molecule has 0 spiro atoms. The smallest absolute Gasteiger partial charge is 0.408 e. The second-order valence-corrected chi connectivity index (χ2v) is 10.9. The molecule has 0 aliphatic rings. The molecule has 3 amide bonds. The van der Waals surface area contributed by atoms with E-state index in [1.54, 1.807) is 81.4 Å². The van der Waals surface area contributed by atoms with Crippen LogP contribution in [-0.4, -0.2) is 23.5 Å². The summed E-state index contributed by atoms with van der Waals surface area (Å²) in [5, 5.41) is 7.82. The summed E-state index contributed by atoms with van der Waals surface area (Å²) in [7, 11) is 0. The normalized spacial score (nSPS) is 12.7. The lowest BCUT2D eigenvalue weighted by Gasteiger charge is -2.26. The number of carbonyl (C=O) groups excluding carboxylic acids is 3. The Morgan fingerprint density at radius 1 is 0.784 bits per heavy atom. The highest BCUT2D eigenvalue weighted by Crippen LogP contribution is 2.24. The maximum Gasteiger partial charge on any atom is 0.408 e. The minimum atomic E-state index is -1.19. The van der Waals surface area contributed by atoms with Crippen molar-refractivity contribution in [3.8, 4) is 0 Å². The van der Waals surface area contributed by atoms with Gasteiger partial charge in [0.2, 0.25) is 5.91 Å². The summed E-state index contributed by atoms with van der Waals surface area (Å²) in [5.74, 6) is -1.96. The Balaban J connectivity index is 1.92. The number of benzene rings is 3. The van der Waals surface area contributed by atoms with E-state index in [9.17, 15) is 18.8 Å². The van der Waals surface area contributed by atoms with Gasteiger partial charge in [-0.2, -0.15) is 0 Å². The molecule has 2 atom stereocenters. The number of hydrogen-bond acceptors (Lipinski definition) is 4. The molecule has 194 valence electrons. The molecule has 0 fully saturated rings. The van der Waals surface area contributed by atoms with E-state index in [0.717, 1.165) is 0 Å². The first-order chi connectivity index (χ1) is 17.4. The highest BCUT2D eigenvalue weighted by Gasteiger charge is 2.31. The average molecular weight is 635 g/mol. The van der Waals surface area contributed by atoms with Gasteiger partial charge in [-0.1, -0.05) is 74.3 Å². The summed E-state index contributed by atoms with van der Waals surface area (Å²) in [4.78, 5) is 39.4. The number of nitrogens with one attached hydrogen (secondary N) is 3. The van der Waals surface area contributed by atoms with Crippen LogP contribution in [0.1, 0.15) is 44.0 Å². The van der Waals surface area contributed by atoms with Crippen LogP contribution in [0.5, 0.6) is 0 Å². The van der Waals surface area contributed by atoms with Gasteiger partial charge in [0.15, 0.2) is 0 Å². The molecule has 0 radical (unpaired) electrons. The fraction of sp³-hybridized carbons (Fsp3) is 0.222. The van der Waals surface area contributed by atoms with Crippen LogP contribution in [0.2, 0.25) is 0 Å². The van der Waals surface area contributed by atoms with Gasteiger partial charge in [-0.15, -0.1) is 0 Å². The molecule has 0 heterocycles. The number of hydrogen-bond donors (Lipinski definition) is 3. The molecular formula is C27H26Br2FN3O4. The molecule has 0 bridgehead atoms. The van der Waals surface area contributed by atoms with Crippen molar-refractivity contribution in [3.05, 3.63) is 98.7 Å². The van der Waals surface area contributed by atoms with Gasteiger partial charge in [0.05, 0.1) is 5.69 Å². The molecular weight excluding hydrogens is 609 g/mol. The molecule has 3 aromatic rings. The summed E-state index contributed by atoms with van der Waals surface area (Å²) < 4.78 is 21.0. The molecule has 3 rings (SSSR count). The number of rotatable bonds is 7. The van der Waals surface area contributed by atoms with E-state index in [1.165, 1.54) is 12.1 Å². The van der Waals surface area contributed by atoms with E-state index in [-0.39, 0.29) is 5.69 Å². The summed E-state index contributed by atoms with van der Waals surface area (Å²) >= 11 is 6.56. The minimum Gasteiger partial charge on any atom is -0.444 e. The first kappa shape index (κ1) is 28.3. The standard InChI is InChI=1S/C27H26Br2FN3O4/c1-27(2,3)37-26(36)33-23(17-10-7-11-18(28)14-17)25(35)32-22(16-8-5-4-6-9-16)24(34)31-21-13-12-19(29)15-20(21)30/h4-15,22-23H,1-3H3,(H,31,34)(H,32,35)(H,33,36)/t22?,23-/m0/s1. The Bertz CT molecular complexity index is 1280. The van der Waals surface area contributed by atoms with Crippen LogP contribution in [0.25, 0.3) is 0 Å². The lowest BCUT2D eigenvalue weighted by molar-refractivity contribution is -0.128. The number of anilines is 1. The average Bonchev–Trinajstić information content (AvgIpc) is 2.82. The number of halogens is 3. The van der Waals surface area contributed by atoms with E-state index >= 15 is 0 Å². The SMILES string of the molecule is CC(C)(C)OC(=O)N[C@H](C(=O)NC(C(=O)Nc1ccc(Br)cc1F)c1ccccc1)c1cccc(Br)c1. The molecule has 0 aliphatic heterocycles. The molecule has 0 saturated carbocycles. The molecule has 3 N–H and O–H groups in total. The second kappa shape index (κ2) is 12.3. The van der Waals surface area contributed by atoms with Crippen LogP contribution >= 0.6 is 31.9 Å². The van der Waals surface area contributed by atoms with Crippen LogP contribution in [0.15, 0.2) is 81.7 Å². The van der Waals surface area contributed by atoms with Crippen LogP contribution in [0, 0.1) is 5.82 Å². The van der Waals surface area contributed by atoms with Crippen LogP contribution in [0.3, 0.4) is 0 Å². The Hall–Kier alpha value is -3.24. The lowest BCUT2D eigenvalue weighted by atomic mass is 10.0. The third-order valence-corrected chi connectivity index (χ3v) is 5.96. The van der Waals surface area contributed by atoms with Crippen molar-refractivity contribution in [1.29, 1.82) is 0 Å². The highest BCUT2D eigenvalue weighted by atomic mass is 79.9. The molecule has 1 unspecified atom stereocenters. The zero-order chi connectivity index (χ0) is 27.2. The van der Waals surface area contributed by atoms with Gasteiger partial charge < -0.3 is 20.7 Å². The van der Waals surface area contributed by atoms with E-state index in [2.05, 4.69) is 47.8 Å². The predicted octanol–water partition coefficient (Wildman–Crippen LogP) is 6.41. The van der Waals surface area contributed by atoms with E-state index in [1.807, 2.05) is 0 Å². The van der Waals surface area contributed by atoms with Gasteiger partial charge in [-0.3, -0.25) is 9.59 Å². The van der Waals surface area contributed by atoms with Crippen molar-refractivity contribution in [3.63, 3.8) is 0 Å². The van der Waals surface area contributed by atoms with Crippen molar-refractivity contribution >= 4 is 55.5 Å². The summed E-state index contributed by atoms with van der Waals surface area (Å²) in [6.45, 7) is 5.12. The maximum absolute atomic E-state index is 14.4. The molecule has 0 aromatic heterocycles. The van der Waals surface area contributed by atoms with Crippen molar-refractivity contribution in [1.82, 2.24) is 10.6 Å². The van der Waals surface area contributed by atoms with Gasteiger partial charge in [-0.05, 0) is 62.2 Å². The van der Waals surface area contributed by atoms with Gasteiger partial charge in [0.25, 0.3) is 5.91 Å². The molecule has 7 nitrogen and oxygen atoms in total. The maximum atomic E-state index is 14.4. The first-order valence-electron chi connectivity index (χ1n) is 11.3. The van der Waals surface area contributed by atoms with Crippen LogP contribution in [0.4, 0.5) is 14.9 Å². The minimum absolute atomic E-state index is 0.0428. The fourth-order valence-electron chi connectivity index (χ4n) is 3.38. The molecule has 0 aliphatic carbocycles. The third-order valence-electron chi connectivity index (χ3n) is 4.98. The van der Waals surface area contributed by atoms with E-state index < -0.39 is 41.4 Å². The van der Waals surface area contributed by atoms with Crippen LogP contribution in [-0.2, 0) is 14.3 Å². The van der Waals surface area contributed by atoms with Crippen molar-refractivity contribution in [2.24, 2.45) is 0 Å². The largest absolute Gasteiger partial charge is 0.444 e. The Kier molecular flexibility index (Phi) is 9.45. The van der Waals surface area contributed by atoms with Gasteiger partial charge in [0, 0.05) is 8.95 Å². The van der Waals surface area contributed by atoms with Gasteiger partial charge in [-0.25, -0.2) is 9.18 Å². The molecule has 0 saturated heterocycles. The van der Waals surface area contributed by atoms with Gasteiger partial charge in [0.1, 0.15) is 23.5 Å². The number of alkyl carbamates (subject to hydrolysis) is 1. The molecule has 10 heteroatoms. The van der Waals surface area contributed by atoms with Crippen LogP contribution < -0.4 is 16.0 Å². The van der Waals surface area contributed by atoms with Crippen molar-refractivity contribution in [2.45, 2.75) is 38.5 Å². The second-order valence-electron chi connectivity index (χ2n) is 9.10. The lowest BCUT2D eigenvalue weighted by Crippen LogP contribution is -2.45. The zero-order valence-electron chi connectivity index (χ0n) is 20.3. The Morgan fingerprint density at radius 2 is 1.41 bits per heavy atom. The zero-order valence-corrected chi connectivity index (χ0v) is 23.5. The number of amides is 3. The number of ether oxygens (including phenoxy) is 1. The fourth-order valence-corrected chi connectivity index (χ4v) is 4.13. The number of carbonyl (C=O) groups is 3. The molecule has 3 aromatic carbocycles. The van der Waals surface area contributed by atoms with E-state index in [4.69, 9.17) is 4.74 Å². The Labute approximate surface area is 231 Å². The topological polar surface area (TPSA) is 96.5 Å². The molecule has 37 heavy (non-hydrogen) atoms.